The fraction of sp³-hybridized carbons (Fsp3) is 0.412. The monoisotopic (exact) mass is 273 g/mol. The zero-order valence-electron chi connectivity index (χ0n) is 11.0. The van der Waals surface area contributed by atoms with Crippen LogP contribution in [0.1, 0.15) is 24.3 Å². The van der Waals surface area contributed by atoms with Crippen molar-refractivity contribution in [2.24, 2.45) is 11.8 Å². The molecule has 1 nitrogen and oxygen atoms in total. The topological polar surface area (TPSA) is 12.0 Å². The van der Waals surface area contributed by atoms with Gasteiger partial charge in [0.05, 0.1) is 0 Å². The number of halogens is 1. The first-order chi connectivity index (χ1) is 8.90. The minimum absolute atomic E-state index is 0. The van der Waals surface area contributed by atoms with Gasteiger partial charge in [0.25, 0.3) is 0 Å². The Balaban J connectivity index is 0.00000110. The van der Waals surface area contributed by atoms with Crippen molar-refractivity contribution in [3.05, 3.63) is 48.0 Å². The van der Waals surface area contributed by atoms with Gasteiger partial charge in [0, 0.05) is 0 Å². The van der Waals surface area contributed by atoms with E-state index in [1.807, 2.05) is 0 Å². The normalized spacial score (nSPS) is 29.2. The summed E-state index contributed by atoms with van der Waals surface area (Å²) in [4.78, 5) is 0. The average molecular weight is 274 g/mol. The molecule has 1 N–H and O–H groups in total. The van der Waals surface area contributed by atoms with Crippen molar-refractivity contribution >= 4 is 23.2 Å². The Labute approximate surface area is 120 Å². The molecule has 0 amide bonds. The van der Waals surface area contributed by atoms with E-state index in [0.29, 0.717) is 0 Å². The van der Waals surface area contributed by atoms with Crippen molar-refractivity contribution in [3.63, 3.8) is 0 Å². The lowest BCUT2D eigenvalue weighted by atomic mass is 9.94. The number of rotatable bonds is 1. The molecular weight excluding hydrogens is 254 g/mol. The van der Waals surface area contributed by atoms with Gasteiger partial charge in [-0.2, -0.15) is 0 Å². The molecule has 1 heterocycles. The standard InChI is InChI=1S/C17H19N.ClH/c1-2-4-13-7-14(6-5-12(13)3-1)15-8-16-10-18-11-17(16)9-15;/h1-7,15-18H,8-11H2;1H. The molecule has 19 heavy (non-hydrogen) atoms. The SMILES string of the molecule is Cl.c1ccc2cc(C3CC4CNCC4C3)ccc2c1. The Morgan fingerprint density at radius 2 is 1.53 bits per heavy atom. The number of hydrogen-bond donors (Lipinski definition) is 1. The second-order valence-corrected chi connectivity index (χ2v) is 5.95. The van der Waals surface area contributed by atoms with E-state index in [9.17, 15) is 0 Å². The third-order valence-corrected chi connectivity index (χ3v) is 4.90. The quantitative estimate of drug-likeness (QED) is 0.829. The smallest absolute Gasteiger partial charge is 0.00171 e. The highest BCUT2D eigenvalue weighted by molar-refractivity contribution is 5.85. The Bertz CT molecular complexity index is 568. The Morgan fingerprint density at radius 1 is 0.842 bits per heavy atom. The molecule has 0 spiro atoms. The zero-order chi connectivity index (χ0) is 11.9. The van der Waals surface area contributed by atoms with Crippen LogP contribution in [0.3, 0.4) is 0 Å². The molecule has 2 aromatic carbocycles. The molecule has 2 aliphatic rings. The average Bonchev–Trinajstić information content (AvgIpc) is 2.99. The largest absolute Gasteiger partial charge is 0.316 e. The summed E-state index contributed by atoms with van der Waals surface area (Å²) in [5.74, 6) is 2.66. The third-order valence-electron chi connectivity index (χ3n) is 4.90. The second kappa shape index (κ2) is 5.15. The molecule has 1 aliphatic carbocycles. The lowest BCUT2D eigenvalue weighted by Gasteiger charge is -2.12. The molecule has 100 valence electrons. The number of hydrogen-bond acceptors (Lipinski definition) is 1. The fourth-order valence-electron chi connectivity index (χ4n) is 3.90. The van der Waals surface area contributed by atoms with Crippen LogP contribution in [-0.4, -0.2) is 13.1 Å². The van der Waals surface area contributed by atoms with Gasteiger partial charge >= 0.3 is 0 Å². The minimum atomic E-state index is 0. The first kappa shape index (κ1) is 13.0. The molecule has 4 rings (SSSR count). The highest BCUT2D eigenvalue weighted by atomic mass is 35.5. The van der Waals surface area contributed by atoms with E-state index >= 15 is 0 Å². The van der Waals surface area contributed by atoms with Crippen LogP contribution in [0.25, 0.3) is 10.8 Å². The molecule has 0 aromatic heterocycles. The molecular formula is C17H20ClN. The van der Waals surface area contributed by atoms with Gasteiger partial charge in [-0.15, -0.1) is 12.4 Å². The van der Waals surface area contributed by atoms with Gasteiger partial charge in [-0.05, 0) is 60.0 Å². The Morgan fingerprint density at radius 3 is 2.26 bits per heavy atom. The van der Waals surface area contributed by atoms with E-state index in [2.05, 4.69) is 47.8 Å². The Hall–Kier alpha value is -1.05. The maximum absolute atomic E-state index is 3.53. The van der Waals surface area contributed by atoms with Gasteiger partial charge in [0.2, 0.25) is 0 Å². The predicted molar refractivity (Wildman–Crippen MR) is 83.0 cm³/mol. The van der Waals surface area contributed by atoms with E-state index < -0.39 is 0 Å². The summed E-state index contributed by atoms with van der Waals surface area (Å²) in [7, 11) is 0. The molecule has 1 saturated heterocycles. The highest BCUT2D eigenvalue weighted by Crippen LogP contribution is 2.44. The van der Waals surface area contributed by atoms with E-state index in [1.165, 1.54) is 36.7 Å². The molecule has 2 heteroatoms. The van der Waals surface area contributed by atoms with Crippen molar-refractivity contribution in [1.82, 2.24) is 5.32 Å². The molecule has 1 aliphatic heterocycles. The zero-order valence-corrected chi connectivity index (χ0v) is 11.8. The van der Waals surface area contributed by atoms with E-state index in [4.69, 9.17) is 0 Å². The summed E-state index contributed by atoms with van der Waals surface area (Å²) in [5, 5.41) is 6.28. The summed E-state index contributed by atoms with van der Waals surface area (Å²) in [6, 6.07) is 15.7. The van der Waals surface area contributed by atoms with Crippen molar-refractivity contribution < 1.29 is 0 Å². The van der Waals surface area contributed by atoms with Gasteiger partial charge in [0.15, 0.2) is 0 Å². The van der Waals surface area contributed by atoms with Crippen LogP contribution in [0.15, 0.2) is 42.5 Å². The second-order valence-electron chi connectivity index (χ2n) is 5.95. The molecule has 2 unspecified atom stereocenters. The number of benzene rings is 2. The van der Waals surface area contributed by atoms with Gasteiger partial charge < -0.3 is 5.32 Å². The van der Waals surface area contributed by atoms with Crippen LogP contribution in [0.2, 0.25) is 0 Å². The number of nitrogens with one attached hydrogen (secondary N) is 1. The lowest BCUT2D eigenvalue weighted by molar-refractivity contribution is 0.494. The summed E-state index contributed by atoms with van der Waals surface area (Å²) >= 11 is 0. The number of fused-ring (bicyclic) bond motifs is 2. The first-order valence-corrected chi connectivity index (χ1v) is 7.09. The molecule has 2 fully saturated rings. The van der Waals surface area contributed by atoms with Crippen LogP contribution in [0.4, 0.5) is 0 Å². The molecule has 0 bridgehead atoms. The maximum atomic E-state index is 3.53. The van der Waals surface area contributed by atoms with E-state index in [0.717, 1.165) is 17.8 Å². The maximum Gasteiger partial charge on any atom is -0.00171 e. The Kier molecular flexibility index (Phi) is 3.51. The van der Waals surface area contributed by atoms with Crippen molar-refractivity contribution in [2.45, 2.75) is 18.8 Å². The van der Waals surface area contributed by atoms with Crippen molar-refractivity contribution in [2.75, 3.05) is 13.1 Å². The summed E-state index contributed by atoms with van der Waals surface area (Å²) in [5.41, 5.74) is 1.56. The third kappa shape index (κ3) is 2.26. The minimum Gasteiger partial charge on any atom is -0.316 e. The van der Waals surface area contributed by atoms with E-state index in [-0.39, 0.29) is 12.4 Å². The van der Waals surface area contributed by atoms with Gasteiger partial charge in [-0.1, -0.05) is 42.5 Å². The van der Waals surface area contributed by atoms with E-state index in [1.54, 1.807) is 5.56 Å². The molecule has 2 aromatic rings. The van der Waals surface area contributed by atoms with Crippen LogP contribution >= 0.6 is 12.4 Å². The van der Waals surface area contributed by atoms with Crippen LogP contribution in [-0.2, 0) is 0 Å². The van der Waals surface area contributed by atoms with Crippen molar-refractivity contribution in [3.8, 4) is 0 Å². The lowest BCUT2D eigenvalue weighted by Crippen LogP contribution is -2.11. The molecule has 0 radical (unpaired) electrons. The van der Waals surface area contributed by atoms with Crippen LogP contribution in [0.5, 0.6) is 0 Å². The fourth-order valence-corrected chi connectivity index (χ4v) is 3.90. The van der Waals surface area contributed by atoms with Crippen LogP contribution in [0, 0.1) is 11.8 Å². The van der Waals surface area contributed by atoms with Crippen molar-refractivity contribution in [1.29, 1.82) is 0 Å². The summed E-state index contributed by atoms with van der Waals surface area (Å²) < 4.78 is 0. The summed E-state index contributed by atoms with van der Waals surface area (Å²) in [6.45, 7) is 2.49. The first-order valence-electron chi connectivity index (χ1n) is 7.09. The van der Waals surface area contributed by atoms with Gasteiger partial charge in [-0.25, -0.2) is 0 Å². The van der Waals surface area contributed by atoms with Crippen LogP contribution < -0.4 is 5.32 Å². The predicted octanol–water partition coefficient (Wildman–Crippen LogP) is 3.97. The highest BCUT2D eigenvalue weighted by Gasteiger charge is 2.37. The van der Waals surface area contributed by atoms with Gasteiger partial charge in [0.1, 0.15) is 0 Å². The van der Waals surface area contributed by atoms with Gasteiger partial charge in [-0.3, -0.25) is 0 Å². The molecule has 1 saturated carbocycles. The summed E-state index contributed by atoms with van der Waals surface area (Å²) in [6.07, 6.45) is 2.77. The molecule has 2 atom stereocenters.